The van der Waals surface area contributed by atoms with Crippen LogP contribution in [-0.4, -0.2) is 22.4 Å². The number of hydrogen-bond acceptors (Lipinski definition) is 3. The number of fused-ring (bicyclic) bond motifs is 3. The molecule has 1 aromatic heterocycles. The molecule has 4 rings (SSSR count). The number of aryl methyl sites for hydroxylation is 1. The Kier molecular flexibility index (Phi) is 4.08. The molecule has 3 aromatic rings. The first-order valence-corrected chi connectivity index (χ1v) is 8.64. The molecule has 0 saturated carbocycles. The standard InChI is InChI=1S/C21H17N3O3/c1-2-24-17-9-4-3-7-14(17)16-12-13(10-11-18(16)24)6-5-8-15-19(25)22-21(27)23-20(15)26/h3-12H,2H2,1H3,(H2,22,23,25,26,27)/b6-5+. The van der Waals surface area contributed by atoms with E-state index >= 15 is 0 Å². The van der Waals surface area contributed by atoms with Crippen LogP contribution in [0.2, 0.25) is 0 Å². The minimum Gasteiger partial charge on any atom is -0.341 e. The molecule has 6 heteroatoms. The Labute approximate surface area is 155 Å². The number of imide groups is 2. The number of nitrogens with one attached hydrogen (secondary N) is 2. The molecular weight excluding hydrogens is 342 g/mol. The molecule has 27 heavy (non-hydrogen) atoms. The average molecular weight is 359 g/mol. The molecule has 1 aliphatic heterocycles. The lowest BCUT2D eigenvalue weighted by molar-refractivity contribution is -0.124. The molecule has 0 atom stereocenters. The highest BCUT2D eigenvalue weighted by Gasteiger charge is 2.26. The summed E-state index contributed by atoms with van der Waals surface area (Å²) in [7, 11) is 0. The number of benzene rings is 2. The van der Waals surface area contributed by atoms with E-state index in [2.05, 4.69) is 35.8 Å². The second-order valence-corrected chi connectivity index (χ2v) is 6.21. The van der Waals surface area contributed by atoms with Crippen LogP contribution in [0.25, 0.3) is 27.9 Å². The van der Waals surface area contributed by atoms with Crippen molar-refractivity contribution in [2.24, 2.45) is 0 Å². The fraction of sp³-hybridized carbons (Fsp3) is 0.0952. The maximum atomic E-state index is 11.7. The predicted octanol–water partition coefficient (Wildman–Crippen LogP) is 3.12. The highest BCUT2D eigenvalue weighted by Crippen LogP contribution is 2.29. The fourth-order valence-corrected chi connectivity index (χ4v) is 3.40. The maximum Gasteiger partial charge on any atom is 0.328 e. The summed E-state index contributed by atoms with van der Waals surface area (Å²) in [5, 5.41) is 6.44. The average Bonchev–Trinajstić information content (AvgIpc) is 2.97. The third-order valence-electron chi connectivity index (χ3n) is 4.61. The van der Waals surface area contributed by atoms with Crippen LogP contribution in [0.15, 0.2) is 60.2 Å². The number of carbonyl (C=O) groups excluding carboxylic acids is 3. The van der Waals surface area contributed by atoms with Crippen molar-refractivity contribution in [1.82, 2.24) is 15.2 Å². The van der Waals surface area contributed by atoms with E-state index in [1.54, 1.807) is 6.08 Å². The van der Waals surface area contributed by atoms with E-state index in [1.807, 2.05) is 34.9 Å². The van der Waals surface area contributed by atoms with Gasteiger partial charge in [-0.1, -0.05) is 36.4 Å². The van der Waals surface area contributed by atoms with E-state index in [9.17, 15) is 14.4 Å². The number of para-hydroxylation sites is 1. The summed E-state index contributed by atoms with van der Waals surface area (Å²) < 4.78 is 2.27. The van der Waals surface area contributed by atoms with Gasteiger partial charge in [-0.25, -0.2) is 4.79 Å². The van der Waals surface area contributed by atoms with Gasteiger partial charge in [0, 0.05) is 28.4 Å². The van der Waals surface area contributed by atoms with Crippen LogP contribution in [-0.2, 0) is 16.1 Å². The summed E-state index contributed by atoms with van der Waals surface area (Å²) in [5.41, 5.74) is 3.21. The lowest BCUT2D eigenvalue weighted by atomic mass is 10.1. The van der Waals surface area contributed by atoms with E-state index < -0.39 is 17.8 Å². The molecule has 0 radical (unpaired) electrons. The largest absolute Gasteiger partial charge is 0.341 e. The molecule has 0 unspecified atom stereocenters. The van der Waals surface area contributed by atoms with Crippen molar-refractivity contribution >= 4 is 45.7 Å². The van der Waals surface area contributed by atoms with Gasteiger partial charge >= 0.3 is 6.03 Å². The first kappa shape index (κ1) is 16.8. The smallest absolute Gasteiger partial charge is 0.328 e. The summed E-state index contributed by atoms with van der Waals surface area (Å²) in [4.78, 5) is 34.5. The van der Waals surface area contributed by atoms with Crippen molar-refractivity contribution in [2.75, 3.05) is 0 Å². The number of nitrogens with zero attached hydrogens (tertiary/aromatic N) is 1. The van der Waals surface area contributed by atoms with Crippen LogP contribution in [0.5, 0.6) is 0 Å². The normalized spacial score (nSPS) is 14.9. The fourth-order valence-electron chi connectivity index (χ4n) is 3.40. The van der Waals surface area contributed by atoms with E-state index in [4.69, 9.17) is 0 Å². The second-order valence-electron chi connectivity index (χ2n) is 6.21. The van der Waals surface area contributed by atoms with Gasteiger partial charge in [0.05, 0.1) is 0 Å². The van der Waals surface area contributed by atoms with Gasteiger partial charge in [-0.2, -0.15) is 0 Å². The zero-order valence-electron chi connectivity index (χ0n) is 14.7. The van der Waals surface area contributed by atoms with Crippen molar-refractivity contribution in [3.05, 3.63) is 65.8 Å². The van der Waals surface area contributed by atoms with Crippen molar-refractivity contribution < 1.29 is 14.4 Å². The molecule has 0 aliphatic carbocycles. The van der Waals surface area contributed by atoms with Crippen LogP contribution >= 0.6 is 0 Å². The molecule has 134 valence electrons. The Morgan fingerprint density at radius 1 is 0.926 bits per heavy atom. The van der Waals surface area contributed by atoms with Crippen LogP contribution in [0.3, 0.4) is 0 Å². The summed E-state index contributed by atoms with van der Waals surface area (Å²) in [6.07, 6.45) is 4.85. The van der Waals surface area contributed by atoms with E-state index in [0.29, 0.717) is 0 Å². The van der Waals surface area contributed by atoms with Crippen LogP contribution < -0.4 is 10.6 Å². The highest BCUT2D eigenvalue weighted by molar-refractivity contribution is 6.29. The number of amides is 4. The third kappa shape index (κ3) is 2.91. The third-order valence-corrected chi connectivity index (χ3v) is 4.61. The van der Waals surface area contributed by atoms with Gasteiger partial charge in [0.25, 0.3) is 11.8 Å². The van der Waals surface area contributed by atoms with Crippen LogP contribution in [0.4, 0.5) is 4.79 Å². The molecule has 2 N–H and O–H groups in total. The lowest BCUT2D eigenvalue weighted by Gasteiger charge is -2.12. The lowest BCUT2D eigenvalue weighted by Crippen LogP contribution is -2.51. The maximum absolute atomic E-state index is 11.7. The number of rotatable bonds is 3. The van der Waals surface area contributed by atoms with Gasteiger partial charge in [-0.15, -0.1) is 0 Å². The quantitative estimate of drug-likeness (QED) is 0.557. The van der Waals surface area contributed by atoms with E-state index in [1.165, 1.54) is 22.5 Å². The topological polar surface area (TPSA) is 80.2 Å². The highest BCUT2D eigenvalue weighted by atomic mass is 16.2. The Morgan fingerprint density at radius 3 is 2.37 bits per heavy atom. The molecule has 2 heterocycles. The molecule has 4 amide bonds. The predicted molar refractivity (Wildman–Crippen MR) is 104 cm³/mol. The molecule has 1 aliphatic rings. The van der Waals surface area contributed by atoms with Gasteiger partial charge < -0.3 is 4.57 Å². The first-order valence-electron chi connectivity index (χ1n) is 8.64. The minimum absolute atomic E-state index is 0.102. The van der Waals surface area contributed by atoms with Crippen LogP contribution in [0.1, 0.15) is 12.5 Å². The Bertz CT molecular complexity index is 1150. The Morgan fingerprint density at radius 2 is 1.63 bits per heavy atom. The summed E-state index contributed by atoms with van der Waals surface area (Å²) in [6.45, 7) is 3.01. The number of hydrogen-bond donors (Lipinski definition) is 2. The van der Waals surface area contributed by atoms with Gasteiger partial charge in [0.2, 0.25) is 0 Å². The second kappa shape index (κ2) is 6.57. The SMILES string of the molecule is CCn1c2ccccc2c2cc(/C=C/C=C3C(=O)NC(=O)NC3=O)ccc21. The molecule has 0 spiro atoms. The number of aromatic nitrogens is 1. The molecule has 2 aromatic carbocycles. The Balaban J connectivity index is 1.71. The van der Waals surface area contributed by atoms with E-state index in [-0.39, 0.29) is 5.57 Å². The van der Waals surface area contributed by atoms with E-state index in [0.717, 1.165) is 17.5 Å². The van der Waals surface area contributed by atoms with Gasteiger partial charge in [-0.3, -0.25) is 20.2 Å². The number of barbiturate groups is 1. The van der Waals surface area contributed by atoms with Crippen LogP contribution in [0, 0.1) is 0 Å². The number of allylic oxidation sites excluding steroid dienone is 2. The van der Waals surface area contributed by atoms with Gasteiger partial charge in [0.1, 0.15) is 5.57 Å². The monoisotopic (exact) mass is 359 g/mol. The Hall–Kier alpha value is -3.67. The van der Waals surface area contributed by atoms with Gasteiger partial charge in [-0.05, 0) is 36.8 Å². The van der Waals surface area contributed by atoms with Gasteiger partial charge in [0.15, 0.2) is 0 Å². The summed E-state index contributed by atoms with van der Waals surface area (Å²) >= 11 is 0. The van der Waals surface area contributed by atoms with Crippen molar-refractivity contribution in [1.29, 1.82) is 0 Å². The van der Waals surface area contributed by atoms with Crippen molar-refractivity contribution in [2.45, 2.75) is 13.5 Å². The summed E-state index contributed by atoms with van der Waals surface area (Å²) in [6, 6.07) is 13.6. The first-order chi connectivity index (χ1) is 13.1. The molecule has 6 nitrogen and oxygen atoms in total. The zero-order chi connectivity index (χ0) is 19.0. The summed E-state index contributed by atoms with van der Waals surface area (Å²) in [5.74, 6) is -1.40. The number of carbonyl (C=O) groups is 3. The molecule has 1 saturated heterocycles. The van der Waals surface area contributed by atoms with Crippen molar-refractivity contribution in [3.63, 3.8) is 0 Å². The minimum atomic E-state index is -0.802. The molecular formula is C21H17N3O3. The molecule has 0 bridgehead atoms. The zero-order valence-corrected chi connectivity index (χ0v) is 14.7. The molecule has 1 fully saturated rings. The number of urea groups is 1. The van der Waals surface area contributed by atoms with Crippen molar-refractivity contribution in [3.8, 4) is 0 Å².